The summed E-state index contributed by atoms with van der Waals surface area (Å²) >= 11 is 0. The topological polar surface area (TPSA) is 0 Å². The van der Waals surface area contributed by atoms with E-state index < -0.39 is 0 Å². The summed E-state index contributed by atoms with van der Waals surface area (Å²) in [6, 6.07) is 52.5. The summed E-state index contributed by atoms with van der Waals surface area (Å²) in [5.74, 6) is 0.495. The Morgan fingerprint density at radius 3 is 1.36 bits per heavy atom. The molecule has 210 valence electrons. The molecule has 0 atom stereocenters. The van der Waals surface area contributed by atoms with Crippen molar-refractivity contribution in [1.29, 1.82) is 0 Å². The van der Waals surface area contributed by atoms with Crippen LogP contribution in [0.2, 0.25) is 0 Å². The van der Waals surface area contributed by atoms with Gasteiger partial charge in [0.25, 0.3) is 0 Å². The van der Waals surface area contributed by atoms with E-state index in [9.17, 15) is 0 Å². The van der Waals surface area contributed by atoms with Crippen molar-refractivity contribution in [2.24, 2.45) is 0 Å². The summed E-state index contributed by atoms with van der Waals surface area (Å²) in [6.07, 6.45) is 0. The number of hydrogen-bond acceptors (Lipinski definition) is 0. The average Bonchev–Trinajstić information content (AvgIpc) is 3.59. The van der Waals surface area contributed by atoms with Crippen LogP contribution in [0, 0.1) is 41.7 Å². The lowest BCUT2D eigenvalue weighted by molar-refractivity contribution is 0.865. The third-order valence-electron chi connectivity index (χ3n) is 10.3. The quantitative estimate of drug-likeness (QED) is 0.185. The summed E-state index contributed by atoms with van der Waals surface area (Å²) in [5, 5.41) is 18.9. The van der Waals surface area contributed by atoms with Crippen LogP contribution in [0.25, 0.3) is 54.6 Å². The molecule has 0 bridgehead atoms. The Kier molecular flexibility index (Phi) is 5.00. The van der Waals surface area contributed by atoms with Crippen molar-refractivity contribution >= 4 is 32.3 Å². The summed E-state index contributed by atoms with van der Waals surface area (Å²) < 4.78 is 0. The highest BCUT2D eigenvalue weighted by molar-refractivity contribution is 6.12. The molecule has 0 radical (unpaired) electrons. The highest BCUT2D eigenvalue weighted by Crippen LogP contribution is 2.43. The molecule has 0 heteroatoms. The molecule has 0 nitrogen and oxygen atoms in total. The number of benzene rings is 8. The Balaban J connectivity index is 1.56. The SMILES string of the molecule is CC(C)c1ccc2c(c1)=c1ccc3c4c(ccc=2c14)=c1c(-c2ccccc2)c2cc4ccccc4cc2c(-c2ccccc2)c1=3. The Morgan fingerprint density at radius 1 is 0.378 bits per heavy atom. The number of rotatable bonds is 3. The second-order valence-corrected chi connectivity index (χ2v) is 13.0. The lowest BCUT2D eigenvalue weighted by Gasteiger charge is -2.16. The van der Waals surface area contributed by atoms with Gasteiger partial charge in [0.2, 0.25) is 0 Å². The van der Waals surface area contributed by atoms with E-state index in [0.29, 0.717) is 5.92 Å². The maximum atomic E-state index is 2.43. The van der Waals surface area contributed by atoms with Gasteiger partial charge >= 0.3 is 0 Å². The smallest absolute Gasteiger partial charge is 0.000740 e. The first-order valence-electron chi connectivity index (χ1n) is 16.1. The molecule has 0 amide bonds. The third-order valence-corrected chi connectivity index (χ3v) is 10.3. The van der Waals surface area contributed by atoms with Gasteiger partial charge in [-0.25, -0.2) is 0 Å². The summed E-state index contributed by atoms with van der Waals surface area (Å²) in [7, 11) is 0. The van der Waals surface area contributed by atoms with Crippen LogP contribution in [-0.4, -0.2) is 0 Å². The van der Waals surface area contributed by atoms with Gasteiger partial charge in [0.1, 0.15) is 0 Å². The van der Waals surface area contributed by atoms with Crippen LogP contribution in [0.3, 0.4) is 0 Å². The molecule has 8 aromatic carbocycles. The molecule has 0 saturated carbocycles. The van der Waals surface area contributed by atoms with Gasteiger partial charge in [-0.1, -0.05) is 141 Å². The van der Waals surface area contributed by atoms with Crippen LogP contribution in [0.15, 0.2) is 140 Å². The van der Waals surface area contributed by atoms with E-state index in [0.717, 1.165) is 0 Å². The Morgan fingerprint density at radius 2 is 0.822 bits per heavy atom. The van der Waals surface area contributed by atoms with E-state index in [1.165, 1.54) is 102 Å². The molecular weight excluding hydrogens is 540 g/mol. The molecule has 0 aromatic heterocycles. The van der Waals surface area contributed by atoms with E-state index in [2.05, 4.69) is 153 Å². The third kappa shape index (κ3) is 3.32. The van der Waals surface area contributed by atoms with Crippen molar-refractivity contribution in [3.8, 4) is 22.3 Å². The molecule has 2 aliphatic carbocycles. The standard InChI is InChI=1S/C45H30/c1-26(2)29-17-18-32-33-19-21-35-43-36(22-20-34(42(33)43)37(32)23-29)45-41(28-13-7-4-8-14-28)39-25-31-16-10-9-15-30(31)24-38(39)40(44(35)45)27-11-5-3-6-12-27/h3-26H,1-2H3. The zero-order valence-electron chi connectivity index (χ0n) is 25.4. The first kappa shape index (κ1) is 24.9. The minimum Gasteiger partial charge on any atom is -0.0622 e. The van der Waals surface area contributed by atoms with Gasteiger partial charge in [-0.2, -0.15) is 0 Å². The van der Waals surface area contributed by atoms with Crippen molar-refractivity contribution in [2.75, 3.05) is 0 Å². The monoisotopic (exact) mass is 570 g/mol. The van der Waals surface area contributed by atoms with Gasteiger partial charge in [0.05, 0.1) is 0 Å². The lowest BCUT2D eigenvalue weighted by atomic mass is 9.87. The van der Waals surface area contributed by atoms with Gasteiger partial charge in [0, 0.05) is 0 Å². The maximum absolute atomic E-state index is 2.43. The van der Waals surface area contributed by atoms with Crippen LogP contribution < -0.4 is 0 Å². The Labute approximate surface area is 260 Å². The minimum atomic E-state index is 0.495. The van der Waals surface area contributed by atoms with Crippen molar-refractivity contribution in [2.45, 2.75) is 19.8 Å². The van der Waals surface area contributed by atoms with E-state index in [4.69, 9.17) is 0 Å². The van der Waals surface area contributed by atoms with Crippen LogP contribution in [0.5, 0.6) is 0 Å². The molecular formula is C45H30. The van der Waals surface area contributed by atoms with Crippen molar-refractivity contribution in [3.63, 3.8) is 0 Å². The minimum absolute atomic E-state index is 0.495. The molecule has 8 aromatic rings. The van der Waals surface area contributed by atoms with Crippen LogP contribution in [0.1, 0.15) is 25.3 Å². The molecule has 0 heterocycles. The summed E-state index contributed by atoms with van der Waals surface area (Å²) in [4.78, 5) is 0. The fraction of sp³-hybridized carbons (Fsp3) is 0.0667. The molecule has 0 saturated heterocycles. The largest absolute Gasteiger partial charge is 0.0622 e. The Hall–Kier alpha value is -5.46. The van der Waals surface area contributed by atoms with Crippen LogP contribution >= 0.6 is 0 Å². The molecule has 0 N–H and O–H groups in total. The molecule has 2 aliphatic rings. The van der Waals surface area contributed by atoms with Gasteiger partial charge < -0.3 is 0 Å². The predicted molar refractivity (Wildman–Crippen MR) is 187 cm³/mol. The van der Waals surface area contributed by atoms with Gasteiger partial charge in [0.15, 0.2) is 0 Å². The summed E-state index contributed by atoms with van der Waals surface area (Å²) in [5.41, 5.74) is 6.58. The lowest BCUT2D eigenvalue weighted by Crippen LogP contribution is -1.93. The molecule has 10 rings (SSSR count). The molecule has 0 spiro atoms. The summed E-state index contributed by atoms with van der Waals surface area (Å²) in [6.45, 7) is 4.57. The first-order chi connectivity index (χ1) is 22.2. The second kappa shape index (κ2) is 9.03. The van der Waals surface area contributed by atoms with Crippen molar-refractivity contribution in [3.05, 3.63) is 187 Å². The Bertz CT molecular complexity index is 2850. The van der Waals surface area contributed by atoms with E-state index in [1.807, 2.05) is 0 Å². The fourth-order valence-corrected chi connectivity index (χ4v) is 8.26. The zero-order chi connectivity index (χ0) is 29.8. The van der Waals surface area contributed by atoms with Crippen molar-refractivity contribution < 1.29 is 0 Å². The molecule has 0 unspecified atom stereocenters. The maximum Gasteiger partial charge on any atom is -0.000740 e. The zero-order valence-corrected chi connectivity index (χ0v) is 25.4. The van der Waals surface area contributed by atoms with E-state index in [-0.39, 0.29) is 0 Å². The number of hydrogen-bond donors (Lipinski definition) is 0. The fourth-order valence-electron chi connectivity index (χ4n) is 8.26. The van der Waals surface area contributed by atoms with E-state index >= 15 is 0 Å². The van der Waals surface area contributed by atoms with Crippen LogP contribution in [-0.2, 0) is 0 Å². The van der Waals surface area contributed by atoms with Gasteiger partial charge in [-0.3, -0.25) is 0 Å². The molecule has 45 heavy (non-hydrogen) atoms. The molecule has 0 fully saturated rings. The van der Waals surface area contributed by atoms with Crippen molar-refractivity contribution in [1.82, 2.24) is 0 Å². The highest BCUT2D eigenvalue weighted by Gasteiger charge is 2.21. The van der Waals surface area contributed by atoms with Crippen LogP contribution in [0.4, 0.5) is 0 Å². The average molecular weight is 571 g/mol. The first-order valence-corrected chi connectivity index (χ1v) is 16.1. The van der Waals surface area contributed by atoms with Gasteiger partial charge in [-0.05, 0) is 120 Å². The van der Waals surface area contributed by atoms with E-state index in [1.54, 1.807) is 0 Å². The van der Waals surface area contributed by atoms with Gasteiger partial charge in [-0.15, -0.1) is 0 Å². The second-order valence-electron chi connectivity index (χ2n) is 13.0. The molecule has 0 aliphatic heterocycles. The normalized spacial score (nSPS) is 12.4. The predicted octanol–water partition coefficient (Wildman–Crippen LogP) is 11.4. The highest BCUT2D eigenvalue weighted by atomic mass is 14.2. The number of fused-ring (bicyclic) bond motifs is 4.